The third kappa shape index (κ3) is 8.41. The van der Waals surface area contributed by atoms with Crippen molar-refractivity contribution in [2.24, 2.45) is 11.5 Å². The molecule has 1 amide bonds. The second-order valence-electron chi connectivity index (χ2n) is 14.4. The van der Waals surface area contributed by atoms with Gasteiger partial charge in [-0.25, -0.2) is 19.9 Å². The van der Waals surface area contributed by atoms with Crippen molar-refractivity contribution in [1.82, 2.24) is 29.9 Å². The van der Waals surface area contributed by atoms with Crippen LogP contribution >= 0.6 is 0 Å². The van der Waals surface area contributed by atoms with Crippen molar-refractivity contribution in [3.63, 3.8) is 0 Å². The smallest absolute Gasteiger partial charge is 0.249 e. The standard InChI is InChI=1S/C24H26N6O.C22H23N5O/c1-14-19(20-17(22(25)31)11-8-12-18(20)27-14)23-28-15(2)21(30(3)4)24(29-23)26-13-16-9-6-5-7-10-16;1-14-19(20-16(11-23)9-6-10-17(20)26-14)22-25-13-18(28-2)21(27-22)24-12-15-7-4-3-5-8-15/h5-12,27H,13H2,1-4H3,(H2,25,31)(H,26,28,29);3-10,13,26H,11-12,23H2,1-2H3,(H,24,25,27). The van der Waals surface area contributed by atoms with Crippen molar-refractivity contribution in [3.05, 3.63) is 143 Å². The number of rotatable bonds is 12. The van der Waals surface area contributed by atoms with Gasteiger partial charge in [0.1, 0.15) is 5.69 Å². The number of carbonyl (C=O) groups is 1. The molecule has 0 aliphatic heterocycles. The number of hydrogen-bond donors (Lipinski definition) is 6. The minimum Gasteiger partial charge on any atom is -0.491 e. The topological polar surface area (TPSA) is 189 Å². The zero-order chi connectivity index (χ0) is 41.6. The van der Waals surface area contributed by atoms with Crippen LogP contribution in [0.3, 0.4) is 0 Å². The zero-order valence-electron chi connectivity index (χ0n) is 34.1. The van der Waals surface area contributed by atoms with Crippen LogP contribution in [0.15, 0.2) is 103 Å². The number of aryl methyl sites for hydroxylation is 3. The van der Waals surface area contributed by atoms with E-state index in [9.17, 15) is 4.79 Å². The van der Waals surface area contributed by atoms with E-state index in [0.717, 1.165) is 72.6 Å². The average Bonchev–Trinajstić information content (AvgIpc) is 3.77. The minimum atomic E-state index is -0.477. The van der Waals surface area contributed by atoms with Gasteiger partial charge in [0.2, 0.25) is 5.91 Å². The number of nitrogens with two attached hydrogens (primary N) is 2. The van der Waals surface area contributed by atoms with Crippen LogP contribution in [-0.4, -0.2) is 57.0 Å². The molecule has 4 aromatic carbocycles. The van der Waals surface area contributed by atoms with Gasteiger partial charge in [-0.15, -0.1) is 0 Å². The second-order valence-corrected chi connectivity index (χ2v) is 14.4. The average molecular weight is 788 g/mol. The van der Waals surface area contributed by atoms with E-state index in [1.807, 2.05) is 106 Å². The van der Waals surface area contributed by atoms with E-state index in [-0.39, 0.29) is 0 Å². The molecule has 0 aliphatic carbocycles. The van der Waals surface area contributed by atoms with Gasteiger partial charge in [0.25, 0.3) is 0 Å². The Labute approximate surface area is 343 Å². The van der Waals surface area contributed by atoms with Crippen molar-refractivity contribution in [2.75, 3.05) is 36.7 Å². The van der Waals surface area contributed by atoms with Crippen LogP contribution in [-0.2, 0) is 19.6 Å². The molecule has 13 heteroatoms. The molecule has 0 saturated carbocycles. The molecule has 8 rings (SSSR count). The maximum absolute atomic E-state index is 12.1. The van der Waals surface area contributed by atoms with Gasteiger partial charge in [-0.1, -0.05) is 78.9 Å². The number of carbonyl (C=O) groups excluding carboxylic acids is 1. The second kappa shape index (κ2) is 17.5. The highest BCUT2D eigenvalue weighted by atomic mass is 16.5. The number of primary amides is 1. The largest absolute Gasteiger partial charge is 0.491 e. The number of benzene rings is 4. The molecule has 4 aromatic heterocycles. The van der Waals surface area contributed by atoms with Crippen LogP contribution in [0.4, 0.5) is 17.3 Å². The first-order valence-electron chi connectivity index (χ1n) is 19.3. The van der Waals surface area contributed by atoms with Crippen molar-refractivity contribution in [1.29, 1.82) is 0 Å². The van der Waals surface area contributed by atoms with Crippen molar-refractivity contribution in [2.45, 2.75) is 40.4 Å². The summed E-state index contributed by atoms with van der Waals surface area (Å²) in [5.74, 6) is 2.72. The zero-order valence-corrected chi connectivity index (χ0v) is 34.1. The number of methoxy groups -OCH3 is 1. The molecule has 4 heterocycles. The van der Waals surface area contributed by atoms with Crippen molar-refractivity contribution in [3.8, 4) is 28.5 Å². The lowest BCUT2D eigenvalue weighted by molar-refractivity contribution is 0.100. The Morgan fingerprint density at radius 1 is 0.712 bits per heavy atom. The quantitative estimate of drug-likeness (QED) is 0.0707. The van der Waals surface area contributed by atoms with Crippen LogP contribution in [0.1, 0.15) is 44.1 Å². The van der Waals surface area contributed by atoms with Crippen LogP contribution in [0, 0.1) is 20.8 Å². The van der Waals surface area contributed by atoms with E-state index in [0.29, 0.717) is 48.4 Å². The number of H-pyrrole nitrogens is 2. The van der Waals surface area contributed by atoms with Gasteiger partial charge in [0.05, 0.1) is 19.0 Å². The molecule has 8 aromatic rings. The highest BCUT2D eigenvalue weighted by molar-refractivity contribution is 6.11. The fourth-order valence-electron chi connectivity index (χ4n) is 7.43. The van der Waals surface area contributed by atoms with E-state index in [2.05, 4.69) is 49.9 Å². The summed E-state index contributed by atoms with van der Waals surface area (Å²) < 4.78 is 5.45. The minimum absolute atomic E-state index is 0.452. The van der Waals surface area contributed by atoms with E-state index in [4.69, 9.17) is 31.2 Å². The molecule has 0 saturated heterocycles. The Kier molecular flexibility index (Phi) is 11.8. The number of anilines is 3. The molecule has 0 bridgehead atoms. The molecule has 0 atom stereocenters. The van der Waals surface area contributed by atoms with Crippen LogP contribution in [0.2, 0.25) is 0 Å². The van der Waals surface area contributed by atoms with Crippen LogP contribution < -0.4 is 31.7 Å². The normalized spacial score (nSPS) is 11.0. The number of fused-ring (bicyclic) bond motifs is 2. The highest BCUT2D eigenvalue weighted by Crippen LogP contribution is 2.37. The SMILES string of the molecule is COc1cnc(-c2c(C)[nH]c3cccc(CN)c23)nc1NCc1ccccc1.Cc1nc(-c2c(C)[nH]c3cccc(C(N)=O)c23)nc(NCc2ccccc2)c1N(C)C. The number of nitrogens with one attached hydrogen (secondary N) is 4. The molecular weight excluding hydrogens is 739 g/mol. The summed E-state index contributed by atoms with van der Waals surface area (Å²) in [5.41, 5.74) is 22.8. The Morgan fingerprint density at radius 2 is 1.27 bits per heavy atom. The van der Waals surface area contributed by atoms with Crippen molar-refractivity contribution >= 4 is 45.0 Å². The van der Waals surface area contributed by atoms with Crippen molar-refractivity contribution < 1.29 is 9.53 Å². The molecule has 0 radical (unpaired) electrons. The summed E-state index contributed by atoms with van der Waals surface area (Å²) in [5, 5.41) is 8.65. The lowest BCUT2D eigenvalue weighted by atomic mass is 10.0. The maximum atomic E-state index is 12.1. The van der Waals surface area contributed by atoms with E-state index >= 15 is 0 Å². The lowest BCUT2D eigenvalue weighted by Crippen LogP contribution is -2.16. The van der Waals surface area contributed by atoms with Gasteiger partial charge in [-0.2, -0.15) is 0 Å². The summed E-state index contributed by atoms with van der Waals surface area (Å²) in [6.45, 7) is 7.69. The van der Waals surface area contributed by atoms with Gasteiger partial charge < -0.3 is 41.7 Å². The summed E-state index contributed by atoms with van der Waals surface area (Å²) in [4.78, 5) is 39.9. The Morgan fingerprint density at radius 3 is 1.85 bits per heavy atom. The molecule has 300 valence electrons. The highest BCUT2D eigenvalue weighted by Gasteiger charge is 2.22. The molecule has 13 nitrogen and oxygen atoms in total. The predicted molar refractivity (Wildman–Crippen MR) is 238 cm³/mol. The number of ether oxygens (including phenoxy) is 1. The summed E-state index contributed by atoms with van der Waals surface area (Å²) >= 11 is 0. The summed E-state index contributed by atoms with van der Waals surface area (Å²) in [6, 6.07) is 31.9. The molecular formula is C46H49N11O2. The van der Waals surface area contributed by atoms with Crippen LogP contribution in [0.25, 0.3) is 44.6 Å². The summed E-state index contributed by atoms with van der Waals surface area (Å²) in [7, 11) is 5.57. The first-order valence-corrected chi connectivity index (χ1v) is 19.3. The molecule has 59 heavy (non-hydrogen) atoms. The first kappa shape index (κ1) is 40.0. The van der Waals surface area contributed by atoms with Gasteiger partial charge in [0.15, 0.2) is 29.0 Å². The monoisotopic (exact) mass is 787 g/mol. The van der Waals surface area contributed by atoms with Gasteiger partial charge >= 0.3 is 0 Å². The van der Waals surface area contributed by atoms with E-state index in [1.165, 1.54) is 5.56 Å². The number of aromatic nitrogens is 6. The fraction of sp³-hybridized carbons (Fsp3) is 0.196. The predicted octanol–water partition coefficient (Wildman–Crippen LogP) is 8.03. The van der Waals surface area contributed by atoms with Gasteiger partial charge in [0, 0.05) is 83.6 Å². The lowest BCUT2D eigenvalue weighted by Gasteiger charge is -2.21. The number of aromatic amines is 2. The Bertz CT molecular complexity index is 2740. The number of amides is 1. The van der Waals surface area contributed by atoms with E-state index in [1.54, 1.807) is 19.4 Å². The molecule has 0 spiro atoms. The first-order chi connectivity index (χ1) is 28.6. The number of hydrogen-bond acceptors (Lipinski definition) is 10. The van der Waals surface area contributed by atoms with E-state index < -0.39 is 5.91 Å². The molecule has 0 aliphatic rings. The maximum Gasteiger partial charge on any atom is 0.249 e. The summed E-state index contributed by atoms with van der Waals surface area (Å²) in [6.07, 6.45) is 1.71. The molecule has 0 unspecified atom stereocenters. The Balaban J connectivity index is 0.000000180. The van der Waals surface area contributed by atoms with Gasteiger partial charge in [-0.05, 0) is 55.7 Å². The molecule has 0 fully saturated rings. The third-order valence-corrected chi connectivity index (χ3v) is 10.1. The van der Waals surface area contributed by atoms with Gasteiger partial charge in [-0.3, -0.25) is 4.79 Å². The number of nitrogens with zero attached hydrogens (tertiary/aromatic N) is 5. The van der Waals surface area contributed by atoms with Crippen LogP contribution in [0.5, 0.6) is 5.75 Å². The third-order valence-electron chi connectivity index (χ3n) is 10.1. The Hall–Kier alpha value is -7.25. The fourth-order valence-corrected chi connectivity index (χ4v) is 7.43. The molecule has 8 N–H and O–H groups in total.